The van der Waals surface area contributed by atoms with Gasteiger partial charge in [0.1, 0.15) is 5.82 Å². The molecule has 1 aliphatic rings. The van der Waals surface area contributed by atoms with Crippen LogP contribution in [0.15, 0.2) is 78.9 Å². The minimum absolute atomic E-state index is 0. The Bertz CT molecular complexity index is 1250. The molecule has 2 nitrogen and oxygen atoms in total. The molecule has 0 amide bonds. The third-order valence-corrected chi connectivity index (χ3v) is 8.15. The largest absolute Gasteiger partial charge is 0.330 e. The molecule has 3 heteroatoms. The van der Waals surface area contributed by atoms with E-state index in [9.17, 15) is 9.18 Å². The van der Waals surface area contributed by atoms with Crippen molar-refractivity contribution in [3.63, 3.8) is 0 Å². The van der Waals surface area contributed by atoms with E-state index < -0.39 is 0 Å². The topological polar surface area (TPSA) is 43.1 Å². The molecule has 0 fully saturated rings. The summed E-state index contributed by atoms with van der Waals surface area (Å²) in [5.41, 5.74) is 12.6. The van der Waals surface area contributed by atoms with E-state index in [4.69, 9.17) is 5.73 Å². The van der Waals surface area contributed by atoms with Crippen LogP contribution in [0.4, 0.5) is 4.39 Å². The zero-order valence-corrected chi connectivity index (χ0v) is 27.0. The van der Waals surface area contributed by atoms with E-state index in [0.29, 0.717) is 24.2 Å². The Labute approximate surface area is 270 Å². The summed E-state index contributed by atoms with van der Waals surface area (Å²) < 4.78 is 12.5. The zero-order valence-electron chi connectivity index (χ0n) is 27.0. The maximum absolute atomic E-state index is 12.9. The summed E-state index contributed by atoms with van der Waals surface area (Å²) in [6, 6.07) is 21.8. The molecule has 3 aromatic rings. The molecule has 3 unspecified atom stereocenters. The molecular formula is C41H62FNO. The number of rotatable bonds is 12. The first-order valence-electron chi connectivity index (χ1n) is 16.2. The molecule has 3 aromatic carbocycles. The predicted octanol–water partition coefficient (Wildman–Crippen LogP) is 12.1. The summed E-state index contributed by atoms with van der Waals surface area (Å²) in [6.45, 7) is 13.4. The zero-order chi connectivity index (χ0) is 30.9. The Morgan fingerprint density at radius 1 is 0.932 bits per heavy atom. The quantitative estimate of drug-likeness (QED) is 0.165. The monoisotopic (exact) mass is 603 g/mol. The molecule has 0 saturated heterocycles. The van der Waals surface area contributed by atoms with Crippen molar-refractivity contribution in [1.29, 1.82) is 0 Å². The second-order valence-electron chi connectivity index (χ2n) is 11.3. The Balaban J connectivity index is 0.00000112. The lowest BCUT2D eigenvalue weighted by Crippen LogP contribution is -2.07. The Morgan fingerprint density at radius 3 is 2.23 bits per heavy atom. The Kier molecular flexibility index (Phi) is 20.9. The molecule has 0 saturated carbocycles. The molecule has 3 atom stereocenters. The van der Waals surface area contributed by atoms with Crippen LogP contribution in [-0.4, -0.2) is 12.3 Å². The SMILES string of the molecule is C.C.CC.CCC(C)c1ccccc1-c1ccc(C(=O)CCC2C=CC(CCCN)C2)c(C)c1.CCCc1cccc(F)c1. The molecule has 4 rings (SSSR count). The van der Waals surface area contributed by atoms with E-state index in [-0.39, 0.29) is 26.5 Å². The highest BCUT2D eigenvalue weighted by atomic mass is 19.1. The van der Waals surface area contributed by atoms with Gasteiger partial charge in [0.15, 0.2) is 5.78 Å². The van der Waals surface area contributed by atoms with Crippen molar-refractivity contribution in [2.75, 3.05) is 6.54 Å². The Morgan fingerprint density at radius 2 is 1.61 bits per heavy atom. The van der Waals surface area contributed by atoms with Crippen molar-refractivity contribution in [2.24, 2.45) is 17.6 Å². The molecule has 0 radical (unpaired) electrons. The van der Waals surface area contributed by atoms with Crippen LogP contribution < -0.4 is 5.73 Å². The lowest BCUT2D eigenvalue weighted by Gasteiger charge is -2.16. The lowest BCUT2D eigenvalue weighted by molar-refractivity contribution is 0.0975. The van der Waals surface area contributed by atoms with E-state index in [0.717, 1.165) is 55.3 Å². The van der Waals surface area contributed by atoms with Crippen LogP contribution in [0.1, 0.15) is 127 Å². The van der Waals surface area contributed by atoms with Gasteiger partial charge < -0.3 is 5.73 Å². The average Bonchev–Trinajstić information content (AvgIpc) is 3.47. The summed E-state index contributed by atoms with van der Waals surface area (Å²) in [5.74, 6) is 1.86. The minimum atomic E-state index is -0.133. The van der Waals surface area contributed by atoms with Crippen molar-refractivity contribution in [3.05, 3.63) is 107 Å². The van der Waals surface area contributed by atoms with Gasteiger partial charge in [0, 0.05) is 12.0 Å². The summed E-state index contributed by atoms with van der Waals surface area (Å²) in [7, 11) is 0. The van der Waals surface area contributed by atoms with Crippen LogP contribution in [-0.2, 0) is 6.42 Å². The molecule has 244 valence electrons. The molecule has 1 aliphatic carbocycles. The number of carbonyl (C=O) groups is 1. The van der Waals surface area contributed by atoms with Gasteiger partial charge in [-0.1, -0.05) is 123 Å². The van der Waals surface area contributed by atoms with Gasteiger partial charge in [0.2, 0.25) is 0 Å². The van der Waals surface area contributed by atoms with Crippen molar-refractivity contribution >= 4 is 5.78 Å². The van der Waals surface area contributed by atoms with Crippen molar-refractivity contribution < 1.29 is 9.18 Å². The fourth-order valence-corrected chi connectivity index (χ4v) is 5.65. The predicted molar refractivity (Wildman–Crippen MR) is 193 cm³/mol. The standard InChI is InChI=1S/C28H37NO.C9H11F.C2H6.2CH4/c1-4-20(2)25-9-5-6-10-27(25)24-14-15-26(21(3)18-24)28(30)16-13-23-12-11-22(19-23)8-7-17-29;1-2-4-8-5-3-6-9(10)7-8;1-2;;/h5-6,9-12,14-15,18,20,22-23H,4,7-8,13,16-17,19,29H2,1-3H3;3,5-7H,2,4H2,1H3;1-2H3;2*1H4. The molecule has 0 heterocycles. The molecule has 0 aliphatic heterocycles. The van der Waals surface area contributed by atoms with Crippen LogP contribution in [0.2, 0.25) is 0 Å². The highest BCUT2D eigenvalue weighted by Crippen LogP contribution is 2.33. The first kappa shape index (κ1) is 41.0. The van der Waals surface area contributed by atoms with Gasteiger partial charge in [0.25, 0.3) is 0 Å². The second-order valence-corrected chi connectivity index (χ2v) is 11.3. The van der Waals surface area contributed by atoms with Crippen LogP contribution in [0.5, 0.6) is 0 Å². The normalized spacial score (nSPS) is 15.5. The molecular weight excluding hydrogens is 541 g/mol. The lowest BCUT2D eigenvalue weighted by atomic mass is 9.88. The van der Waals surface area contributed by atoms with E-state index in [1.165, 1.54) is 35.6 Å². The van der Waals surface area contributed by atoms with Gasteiger partial charge in [-0.3, -0.25) is 4.79 Å². The summed E-state index contributed by atoms with van der Waals surface area (Å²) >= 11 is 0. The van der Waals surface area contributed by atoms with Gasteiger partial charge in [-0.2, -0.15) is 0 Å². The fraction of sp³-hybridized carbons (Fsp3) is 0.488. The van der Waals surface area contributed by atoms with Gasteiger partial charge >= 0.3 is 0 Å². The van der Waals surface area contributed by atoms with Crippen molar-refractivity contribution in [2.45, 2.75) is 114 Å². The second kappa shape index (κ2) is 22.5. The average molecular weight is 604 g/mol. The van der Waals surface area contributed by atoms with Crippen LogP contribution in [0.3, 0.4) is 0 Å². The van der Waals surface area contributed by atoms with Crippen LogP contribution in [0, 0.1) is 24.6 Å². The number of Topliss-reactive ketones (excluding diaryl/α,β-unsaturated/α-hetero) is 1. The Hall–Kier alpha value is -3.04. The number of aryl methyl sites for hydroxylation is 2. The van der Waals surface area contributed by atoms with E-state index >= 15 is 0 Å². The van der Waals surface area contributed by atoms with Gasteiger partial charge in [-0.05, 0) is 110 Å². The number of hydrogen-bond acceptors (Lipinski definition) is 2. The van der Waals surface area contributed by atoms with Gasteiger partial charge in [-0.25, -0.2) is 4.39 Å². The molecule has 2 N–H and O–H groups in total. The van der Waals surface area contributed by atoms with E-state index in [2.05, 4.69) is 76.2 Å². The maximum atomic E-state index is 12.9. The number of hydrogen-bond donors (Lipinski definition) is 1. The minimum Gasteiger partial charge on any atom is -0.330 e. The van der Waals surface area contributed by atoms with Gasteiger partial charge in [-0.15, -0.1) is 0 Å². The highest BCUT2D eigenvalue weighted by Gasteiger charge is 2.20. The number of carbonyl (C=O) groups excluding carboxylic acids is 1. The van der Waals surface area contributed by atoms with Crippen LogP contribution in [0.25, 0.3) is 11.1 Å². The summed E-state index contributed by atoms with van der Waals surface area (Å²) in [6.07, 6.45) is 12.8. The molecule has 0 bridgehead atoms. The molecule has 44 heavy (non-hydrogen) atoms. The number of halogens is 1. The fourth-order valence-electron chi connectivity index (χ4n) is 5.65. The first-order valence-corrected chi connectivity index (χ1v) is 16.2. The number of allylic oxidation sites excluding steroid dienone is 2. The number of nitrogens with two attached hydrogens (primary N) is 1. The number of benzene rings is 3. The van der Waals surface area contributed by atoms with Gasteiger partial charge in [0.05, 0.1) is 0 Å². The summed E-state index contributed by atoms with van der Waals surface area (Å²) in [4.78, 5) is 12.9. The highest BCUT2D eigenvalue weighted by molar-refractivity contribution is 5.98. The summed E-state index contributed by atoms with van der Waals surface area (Å²) in [5, 5.41) is 0. The third kappa shape index (κ3) is 12.9. The van der Waals surface area contributed by atoms with E-state index in [1.54, 1.807) is 12.1 Å². The molecule has 0 spiro atoms. The van der Waals surface area contributed by atoms with Crippen molar-refractivity contribution in [1.82, 2.24) is 0 Å². The van der Waals surface area contributed by atoms with Crippen molar-refractivity contribution in [3.8, 4) is 11.1 Å². The number of ketones is 1. The maximum Gasteiger partial charge on any atom is 0.163 e. The van der Waals surface area contributed by atoms with E-state index in [1.807, 2.05) is 26.0 Å². The van der Waals surface area contributed by atoms with Crippen LogP contribution >= 0.6 is 0 Å². The first-order chi connectivity index (χ1) is 20.4. The smallest absolute Gasteiger partial charge is 0.163 e. The molecule has 0 aromatic heterocycles. The third-order valence-electron chi connectivity index (χ3n) is 8.15.